The van der Waals surface area contributed by atoms with Gasteiger partial charge in [-0.2, -0.15) is 5.10 Å². The topological polar surface area (TPSA) is 67.8 Å². The normalized spacial score (nSPS) is 11.1. The molecule has 0 saturated heterocycles. The maximum Gasteiger partial charge on any atom is 0.145 e. The quantitative estimate of drug-likeness (QED) is 0.718. The number of hydrogen-bond donors (Lipinski definition) is 2. The Morgan fingerprint density at radius 1 is 1.31 bits per heavy atom. The Bertz CT molecular complexity index is 656. The zero-order valence-electron chi connectivity index (χ0n) is 8.20. The van der Waals surface area contributed by atoms with Crippen molar-refractivity contribution in [1.29, 1.82) is 0 Å². The summed E-state index contributed by atoms with van der Waals surface area (Å²) >= 11 is 3.43. The third-order valence-corrected chi connectivity index (χ3v) is 3.05. The number of nitrogens with one attached hydrogen (secondary N) is 1. The number of hydrogen-bond acceptors (Lipinski definition) is 3. The summed E-state index contributed by atoms with van der Waals surface area (Å²) in [7, 11) is 0. The zero-order chi connectivity index (χ0) is 11.1. The standard InChI is InChI=1S/C11H8BrN3O/c12-8-5-16-10-2-1-6(3-7(8)10)9-4-11(13)15-14-9/h1-5H,(H3,13,14,15). The van der Waals surface area contributed by atoms with Gasteiger partial charge in [-0.25, -0.2) is 0 Å². The number of nitrogen functional groups attached to an aromatic ring is 1. The molecule has 0 aliphatic carbocycles. The van der Waals surface area contributed by atoms with Crippen LogP contribution in [0.25, 0.3) is 22.2 Å². The average Bonchev–Trinajstić information content (AvgIpc) is 2.86. The molecular formula is C11H8BrN3O. The third-order valence-electron chi connectivity index (χ3n) is 2.43. The molecule has 0 atom stereocenters. The molecule has 5 heteroatoms. The van der Waals surface area contributed by atoms with Gasteiger partial charge in [-0.1, -0.05) is 0 Å². The predicted molar refractivity (Wildman–Crippen MR) is 65.9 cm³/mol. The minimum absolute atomic E-state index is 0.487. The third kappa shape index (κ3) is 1.40. The number of halogens is 1. The second-order valence-electron chi connectivity index (χ2n) is 3.50. The highest BCUT2D eigenvalue weighted by Gasteiger charge is 2.07. The number of anilines is 1. The molecule has 0 amide bonds. The van der Waals surface area contributed by atoms with E-state index in [9.17, 15) is 0 Å². The fourth-order valence-corrected chi connectivity index (χ4v) is 2.05. The van der Waals surface area contributed by atoms with Crippen molar-refractivity contribution < 1.29 is 4.42 Å². The van der Waals surface area contributed by atoms with Crippen LogP contribution in [0, 0.1) is 0 Å². The Morgan fingerprint density at radius 2 is 2.19 bits per heavy atom. The van der Waals surface area contributed by atoms with Crippen LogP contribution >= 0.6 is 15.9 Å². The number of rotatable bonds is 1. The van der Waals surface area contributed by atoms with Crippen molar-refractivity contribution in [1.82, 2.24) is 10.2 Å². The largest absolute Gasteiger partial charge is 0.463 e. The summed E-state index contributed by atoms with van der Waals surface area (Å²) in [5.41, 5.74) is 8.34. The summed E-state index contributed by atoms with van der Waals surface area (Å²) in [6.07, 6.45) is 1.68. The number of benzene rings is 1. The molecule has 3 aromatic rings. The summed E-state index contributed by atoms with van der Waals surface area (Å²) in [5.74, 6) is 0.487. The summed E-state index contributed by atoms with van der Waals surface area (Å²) < 4.78 is 6.29. The SMILES string of the molecule is Nc1cc(-c2ccc3occ(Br)c3c2)[nH]n1. The van der Waals surface area contributed by atoms with E-state index in [0.29, 0.717) is 5.82 Å². The first-order valence-corrected chi connectivity index (χ1v) is 5.51. The highest BCUT2D eigenvalue weighted by molar-refractivity contribution is 9.10. The highest BCUT2D eigenvalue weighted by Crippen LogP contribution is 2.30. The summed E-state index contributed by atoms with van der Waals surface area (Å²) in [5, 5.41) is 7.81. The van der Waals surface area contributed by atoms with E-state index in [1.165, 1.54) is 0 Å². The number of furan rings is 1. The van der Waals surface area contributed by atoms with Gasteiger partial charge < -0.3 is 10.2 Å². The van der Waals surface area contributed by atoms with Crippen molar-refractivity contribution in [2.45, 2.75) is 0 Å². The van der Waals surface area contributed by atoms with Crippen LogP contribution in [-0.2, 0) is 0 Å². The monoisotopic (exact) mass is 277 g/mol. The van der Waals surface area contributed by atoms with Crippen LogP contribution in [0.5, 0.6) is 0 Å². The van der Waals surface area contributed by atoms with Gasteiger partial charge in [-0.3, -0.25) is 5.10 Å². The van der Waals surface area contributed by atoms with Crippen LogP contribution in [0.1, 0.15) is 0 Å². The minimum Gasteiger partial charge on any atom is -0.463 e. The van der Waals surface area contributed by atoms with Gasteiger partial charge in [-0.05, 0) is 34.1 Å². The molecule has 0 fully saturated rings. The van der Waals surface area contributed by atoms with E-state index >= 15 is 0 Å². The molecular weight excluding hydrogens is 270 g/mol. The van der Waals surface area contributed by atoms with Crippen LogP contribution in [0.15, 0.2) is 39.4 Å². The highest BCUT2D eigenvalue weighted by atomic mass is 79.9. The number of aromatic nitrogens is 2. The van der Waals surface area contributed by atoms with Crippen LogP contribution in [-0.4, -0.2) is 10.2 Å². The Labute approximate surface area is 99.6 Å². The van der Waals surface area contributed by atoms with Crippen molar-refractivity contribution in [2.24, 2.45) is 0 Å². The van der Waals surface area contributed by atoms with Crippen molar-refractivity contribution in [3.05, 3.63) is 35.0 Å². The second kappa shape index (κ2) is 3.38. The number of fused-ring (bicyclic) bond motifs is 1. The first-order valence-electron chi connectivity index (χ1n) is 4.72. The molecule has 0 aliphatic heterocycles. The van der Waals surface area contributed by atoms with Crippen LogP contribution in [0.3, 0.4) is 0 Å². The molecule has 80 valence electrons. The molecule has 0 spiro atoms. The van der Waals surface area contributed by atoms with E-state index in [-0.39, 0.29) is 0 Å². The van der Waals surface area contributed by atoms with Gasteiger partial charge in [0.15, 0.2) is 0 Å². The molecule has 0 saturated carbocycles. The van der Waals surface area contributed by atoms with Gasteiger partial charge in [0.2, 0.25) is 0 Å². The average molecular weight is 278 g/mol. The molecule has 2 aromatic heterocycles. The van der Waals surface area contributed by atoms with Gasteiger partial charge in [0.25, 0.3) is 0 Å². The van der Waals surface area contributed by atoms with E-state index in [4.69, 9.17) is 10.2 Å². The fourth-order valence-electron chi connectivity index (χ4n) is 1.65. The number of aromatic amines is 1. The molecule has 0 radical (unpaired) electrons. The molecule has 16 heavy (non-hydrogen) atoms. The van der Waals surface area contributed by atoms with Gasteiger partial charge in [-0.15, -0.1) is 0 Å². The van der Waals surface area contributed by atoms with Crippen LogP contribution in [0.2, 0.25) is 0 Å². The maximum atomic E-state index is 5.57. The molecule has 2 heterocycles. The molecule has 0 aliphatic rings. The van der Waals surface area contributed by atoms with Crippen molar-refractivity contribution in [2.75, 3.05) is 5.73 Å². The Balaban J connectivity index is 2.21. The molecule has 0 unspecified atom stereocenters. The molecule has 0 bridgehead atoms. The zero-order valence-corrected chi connectivity index (χ0v) is 9.78. The fraction of sp³-hybridized carbons (Fsp3) is 0. The first kappa shape index (κ1) is 9.47. The lowest BCUT2D eigenvalue weighted by molar-refractivity contribution is 0.614. The molecule has 3 N–H and O–H groups in total. The van der Waals surface area contributed by atoms with Gasteiger partial charge in [0.1, 0.15) is 17.7 Å². The number of nitrogens with two attached hydrogens (primary N) is 1. The van der Waals surface area contributed by atoms with Crippen molar-refractivity contribution in [3.63, 3.8) is 0 Å². The molecule has 4 nitrogen and oxygen atoms in total. The van der Waals surface area contributed by atoms with E-state index in [2.05, 4.69) is 26.1 Å². The Hall–Kier alpha value is -1.75. The van der Waals surface area contributed by atoms with E-state index in [1.807, 2.05) is 18.2 Å². The van der Waals surface area contributed by atoms with Crippen molar-refractivity contribution >= 4 is 32.7 Å². The Morgan fingerprint density at radius 3 is 2.94 bits per heavy atom. The maximum absolute atomic E-state index is 5.57. The van der Waals surface area contributed by atoms with Gasteiger partial charge in [0.05, 0.1) is 10.2 Å². The van der Waals surface area contributed by atoms with Gasteiger partial charge in [0, 0.05) is 17.0 Å². The first-order chi connectivity index (χ1) is 7.74. The summed E-state index contributed by atoms with van der Waals surface area (Å²) in [6, 6.07) is 7.71. The minimum atomic E-state index is 0.487. The van der Waals surface area contributed by atoms with Gasteiger partial charge >= 0.3 is 0 Å². The smallest absolute Gasteiger partial charge is 0.145 e. The van der Waals surface area contributed by atoms with E-state index in [1.54, 1.807) is 12.3 Å². The lowest BCUT2D eigenvalue weighted by Crippen LogP contribution is -1.81. The lowest BCUT2D eigenvalue weighted by atomic mass is 10.1. The second-order valence-corrected chi connectivity index (χ2v) is 4.36. The van der Waals surface area contributed by atoms with Crippen LogP contribution < -0.4 is 5.73 Å². The summed E-state index contributed by atoms with van der Waals surface area (Å²) in [6.45, 7) is 0. The number of nitrogens with zero attached hydrogens (tertiary/aromatic N) is 1. The predicted octanol–water partition coefficient (Wildman–Crippen LogP) is 3.17. The molecule has 1 aromatic carbocycles. The summed E-state index contributed by atoms with van der Waals surface area (Å²) in [4.78, 5) is 0. The van der Waals surface area contributed by atoms with E-state index in [0.717, 1.165) is 26.7 Å². The Kier molecular flexibility index (Phi) is 2.00. The van der Waals surface area contributed by atoms with Crippen molar-refractivity contribution in [3.8, 4) is 11.3 Å². The number of H-pyrrole nitrogens is 1. The van der Waals surface area contributed by atoms with E-state index < -0.39 is 0 Å². The lowest BCUT2D eigenvalue weighted by Gasteiger charge is -1.96. The van der Waals surface area contributed by atoms with Crippen LogP contribution in [0.4, 0.5) is 5.82 Å². The molecule has 3 rings (SSSR count).